The largest absolute Gasteiger partial charge is 0.478 e. The monoisotopic (exact) mass is 369 g/mol. The maximum atomic E-state index is 12.2. The van der Waals surface area contributed by atoms with E-state index in [1.807, 2.05) is 36.4 Å². The first kappa shape index (κ1) is 19.2. The molecule has 1 saturated heterocycles. The van der Waals surface area contributed by atoms with Crippen LogP contribution in [-0.2, 0) is 13.0 Å². The van der Waals surface area contributed by atoms with Crippen molar-refractivity contribution in [2.75, 3.05) is 20.2 Å². The average molecular weight is 369 g/mol. The summed E-state index contributed by atoms with van der Waals surface area (Å²) in [5.41, 5.74) is 3.18. The van der Waals surface area contributed by atoms with E-state index in [0.717, 1.165) is 49.2 Å². The summed E-state index contributed by atoms with van der Waals surface area (Å²) in [6, 6.07) is 11.6. The third-order valence-corrected chi connectivity index (χ3v) is 4.85. The number of hydrogen-bond acceptors (Lipinski definition) is 5. The summed E-state index contributed by atoms with van der Waals surface area (Å²) in [6.07, 6.45) is 2.43. The number of hydrogen-bond donors (Lipinski definition) is 2. The van der Waals surface area contributed by atoms with Crippen molar-refractivity contribution >= 4 is 6.09 Å². The number of nitrogens with one attached hydrogen (secondary N) is 2. The summed E-state index contributed by atoms with van der Waals surface area (Å²) >= 11 is 0. The van der Waals surface area contributed by atoms with Gasteiger partial charge < -0.3 is 20.1 Å². The molecule has 1 aliphatic heterocycles. The summed E-state index contributed by atoms with van der Waals surface area (Å²) in [5, 5.41) is 6.14. The van der Waals surface area contributed by atoms with Gasteiger partial charge >= 0.3 is 6.09 Å². The Morgan fingerprint density at radius 1 is 1.26 bits per heavy atom. The van der Waals surface area contributed by atoms with Crippen molar-refractivity contribution in [1.82, 2.24) is 15.6 Å². The molecule has 3 rings (SSSR count). The number of ether oxygens (including phenoxy) is 2. The first-order valence-corrected chi connectivity index (χ1v) is 9.49. The Morgan fingerprint density at radius 3 is 2.67 bits per heavy atom. The van der Waals surface area contributed by atoms with Crippen molar-refractivity contribution in [2.24, 2.45) is 0 Å². The standard InChI is InChI=1S/C21H27N3O3/c1-3-16-13-18(27-21(25)23-14-15-7-5-4-6-8-15)20(26-2)24-19(16)17-9-11-22-12-10-17/h4-8,13,17,22H,3,9-12,14H2,1-2H3,(H,23,25). The van der Waals surface area contributed by atoms with Crippen molar-refractivity contribution in [3.63, 3.8) is 0 Å². The predicted octanol–water partition coefficient (Wildman–Crippen LogP) is 3.41. The minimum atomic E-state index is -0.518. The molecule has 0 saturated carbocycles. The zero-order valence-electron chi connectivity index (χ0n) is 16.0. The molecule has 2 N–H and O–H groups in total. The van der Waals surface area contributed by atoms with Gasteiger partial charge in [0, 0.05) is 12.5 Å². The van der Waals surface area contributed by atoms with E-state index >= 15 is 0 Å². The van der Waals surface area contributed by atoms with Gasteiger partial charge in [-0.2, -0.15) is 0 Å². The van der Waals surface area contributed by atoms with Crippen molar-refractivity contribution in [2.45, 2.75) is 38.6 Å². The van der Waals surface area contributed by atoms with Gasteiger partial charge in [0.1, 0.15) is 0 Å². The SMILES string of the molecule is CCc1cc(OC(=O)NCc2ccccc2)c(OC)nc1C1CCNCC1. The molecule has 2 aromatic rings. The van der Waals surface area contributed by atoms with Gasteiger partial charge in [0.25, 0.3) is 5.88 Å². The summed E-state index contributed by atoms with van der Waals surface area (Å²) < 4.78 is 10.9. The van der Waals surface area contributed by atoms with E-state index in [-0.39, 0.29) is 0 Å². The Balaban J connectivity index is 1.73. The molecule has 0 bridgehead atoms. The van der Waals surface area contributed by atoms with E-state index in [1.54, 1.807) is 7.11 Å². The molecule has 0 radical (unpaired) electrons. The van der Waals surface area contributed by atoms with Gasteiger partial charge in [-0.05, 0) is 49.5 Å². The van der Waals surface area contributed by atoms with E-state index in [9.17, 15) is 4.79 Å². The topological polar surface area (TPSA) is 72.5 Å². The minimum absolute atomic E-state index is 0.357. The van der Waals surface area contributed by atoms with Crippen molar-refractivity contribution in [3.05, 3.63) is 53.2 Å². The highest BCUT2D eigenvalue weighted by Gasteiger charge is 2.23. The Morgan fingerprint density at radius 2 is 2.00 bits per heavy atom. The average Bonchev–Trinajstić information content (AvgIpc) is 2.73. The second-order valence-corrected chi connectivity index (χ2v) is 6.65. The van der Waals surface area contributed by atoms with E-state index in [4.69, 9.17) is 14.5 Å². The molecule has 1 aromatic heterocycles. The number of aryl methyl sites for hydroxylation is 1. The first-order chi connectivity index (χ1) is 13.2. The summed E-state index contributed by atoms with van der Waals surface area (Å²) in [6.45, 7) is 4.49. The van der Waals surface area contributed by atoms with Crippen LogP contribution in [0.4, 0.5) is 4.79 Å². The smallest absolute Gasteiger partial charge is 0.413 e. The lowest BCUT2D eigenvalue weighted by molar-refractivity contribution is 0.197. The first-order valence-electron chi connectivity index (χ1n) is 9.49. The highest BCUT2D eigenvalue weighted by atomic mass is 16.6. The van der Waals surface area contributed by atoms with E-state index in [0.29, 0.717) is 24.1 Å². The van der Waals surface area contributed by atoms with E-state index in [2.05, 4.69) is 17.6 Å². The number of piperidine rings is 1. The summed E-state index contributed by atoms with van der Waals surface area (Å²) in [5.74, 6) is 1.13. The molecule has 1 aromatic carbocycles. The minimum Gasteiger partial charge on any atom is -0.478 e. The van der Waals surface area contributed by atoms with Gasteiger partial charge in [-0.3, -0.25) is 0 Å². The number of carbonyl (C=O) groups excluding carboxylic acids is 1. The summed E-state index contributed by atoms with van der Waals surface area (Å²) in [4.78, 5) is 16.9. The molecule has 0 spiro atoms. The fraction of sp³-hybridized carbons (Fsp3) is 0.429. The molecule has 0 unspecified atom stereocenters. The number of pyridine rings is 1. The molecule has 0 aliphatic carbocycles. The van der Waals surface area contributed by atoms with Crippen LogP contribution < -0.4 is 20.1 Å². The number of aromatic nitrogens is 1. The van der Waals surface area contributed by atoms with Crippen LogP contribution >= 0.6 is 0 Å². The number of nitrogens with zero attached hydrogens (tertiary/aromatic N) is 1. The molecule has 0 atom stereocenters. The lowest BCUT2D eigenvalue weighted by atomic mass is 9.90. The number of carbonyl (C=O) groups is 1. The molecule has 6 heteroatoms. The van der Waals surface area contributed by atoms with Gasteiger partial charge in [-0.1, -0.05) is 37.3 Å². The lowest BCUT2D eigenvalue weighted by Crippen LogP contribution is -2.28. The van der Waals surface area contributed by atoms with Crippen LogP contribution in [0.3, 0.4) is 0 Å². The van der Waals surface area contributed by atoms with Crippen LogP contribution in [0.2, 0.25) is 0 Å². The number of methoxy groups -OCH3 is 1. The Bertz CT molecular complexity index is 759. The fourth-order valence-electron chi connectivity index (χ4n) is 3.39. The number of rotatable bonds is 6. The molecule has 1 aliphatic rings. The molecule has 1 fully saturated rings. The molecular formula is C21H27N3O3. The third kappa shape index (κ3) is 4.98. The molecular weight excluding hydrogens is 342 g/mol. The maximum Gasteiger partial charge on any atom is 0.413 e. The van der Waals surface area contributed by atoms with E-state index in [1.165, 1.54) is 0 Å². The molecule has 1 amide bonds. The third-order valence-electron chi connectivity index (χ3n) is 4.85. The van der Waals surface area contributed by atoms with Crippen molar-refractivity contribution in [1.29, 1.82) is 0 Å². The van der Waals surface area contributed by atoms with Crippen molar-refractivity contribution < 1.29 is 14.3 Å². The Kier molecular flexibility index (Phi) is 6.65. The lowest BCUT2D eigenvalue weighted by Gasteiger charge is -2.25. The highest BCUT2D eigenvalue weighted by molar-refractivity contribution is 5.71. The second-order valence-electron chi connectivity index (χ2n) is 6.65. The number of benzene rings is 1. The molecule has 144 valence electrons. The normalized spacial score (nSPS) is 14.6. The van der Waals surface area contributed by atoms with Crippen LogP contribution in [0, 0.1) is 0 Å². The summed E-state index contributed by atoms with van der Waals surface area (Å²) in [7, 11) is 1.55. The molecule has 2 heterocycles. The van der Waals surface area contributed by atoms with Crippen molar-refractivity contribution in [3.8, 4) is 11.6 Å². The van der Waals surface area contributed by atoms with Gasteiger partial charge in [0.15, 0.2) is 5.75 Å². The van der Waals surface area contributed by atoms with Gasteiger partial charge in [0.2, 0.25) is 0 Å². The van der Waals surface area contributed by atoms with Crippen LogP contribution in [0.1, 0.15) is 42.5 Å². The Hall–Kier alpha value is -2.60. The van der Waals surface area contributed by atoms with E-state index < -0.39 is 6.09 Å². The Labute approximate surface area is 160 Å². The van der Waals surface area contributed by atoms with Crippen LogP contribution in [0.25, 0.3) is 0 Å². The zero-order chi connectivity index (χ0) is 19.1. The second kappa shape index (κ2) is 9.37. The fourth-order valence-corrected chi connectivity index (χ4v) is 3.39. The quantitative estimate of drug-likeness (QED) is 0.816. The number of amides is 1. The van der Waals surface area contributed by atoms with Gasteiger partial charge in [-0.25, -0.2) is 9.78 Å². The van der Waals surface area contributed by atoms with Crippen LogP contribution in [0.15, 0.2) is 36.4 Å². The van der Waals surface area contributed by atoms with Gasteiger partial charge in [0.05, 0.1) is 12.8 Å². The van der Waals surface area contributed by atoms with Crippen LogP contribution in [0.5, 0.6) is 11.6 Å². The highest BCUT2D eigenvalue weighted by Crippen LogP contribution is 2.34. The molecule has 6 nitrogen and oxygen atoms in total. The predicted molar refractivity (Wildman–Crippen MR) is 104 cm³/mol. The van der Waals surface area contributed by atoms with Crippen LogP contribution in [-0.4, -0.2) is 31.3 Å². The molecule has 27 heavy (non-hydrogen) atoms. The van der Waals surface area contributed by atoms with Gasteiger partial charge in [-0.15, -0.1) is 0 Å². The maximum absolute atomic E-state index is 12.2. The zero-order valence-corrected chi connectivity index (χ0v) is 16.0.